The fraction of sp³-hybridized carbons (Fsp3) is 0.438. The quantitative estimate of drug-likeness (QED) is 0.775. The Labute approximate surface area is 139 Å². The van der Waals surface area contributed by atoms with Gasteiger partial charge in [0.15, 0.2) is 0 Å². The zero-order valence-electron chi connectivity index (χ0n) is 14.0. The third-order valence-electron chi connectivity index (χ3n) is 3.14. The highest BCUT2D eigenvalue weighted by Crippen LogP contribution is 2.17. The maximum Gasteiger partial charge on any atom is 0.407 e. The SMILES string of the molecule is COC(=O)N[C@@H](CC(C)C)C(=O)Nc1ccc(F)c(C(=O)OC)c1. The Hall–Kier alpha value is -2.64. The summed E-state index contributed by atoms with van der Waals surface area (Å²) in [5.41, 5.74) is -0.0844. The summed E-state index contributed by atoms with van der Waals surface area (Å²) in [6.45, 7) is 3.79. The van der Waals surface area contributed by atoms with Crippen molar-refractivity contribution in [2.75, 3.05) is 19.5 Å². The first-order chi connectivity index (χ1) is 11.3. The molecule has 0 unspecified atom stereocenters. The van der Waals surface area contributed by atoms with Crippen LogP contribution in [0.15, 0.2) is 18.2 Å². The number of ether oxygens (including phenoxy) is 2. The molecule has 0 bridgehead atoms. The Morgan fingerprint density at radius 1 is 1.17 bits per heavy atom. The number of anilines is 1. The molecule has 0 saturated carbocycles. The van der Waals surface area contributed by atoms with Crippen LogP contribution in [0.2, 0.25) is 0 Å². The van der Waals surface area contributed by atoms with Gasteiger partial charge in [0.05, 0.1) is 19.8 Å². The van der Waals surface area contributed by atoms with Gasteiger partial charge in [0.1, 0.15) is 11.9 Å². The minimum Gasteiger partial charge on any atom is -0.465 e. The highest BCUT2D eigenvalue weighted by Gasteiger charge is 2.23. The molecule has 0 fully saturated rings. The molecule has 1 atom stereocenters. The summed E-state index contributed by atoms with van der Waals surface area (Å²) in [5.74, 6) is -1.98. The molecule has 0 aliphatic carbocycles. The van der Waals surface area contributed by atoms with Gasteiger partial charge in [-0.2, -0.15) is 0 Å². The summed E-state index contributed by atoms with van der Waals surface area (Å²) in [6.07, 6.45) is -0.350. The maximum absolute atomic E-state index is 13.6. The molecule has 1 aromatic carbocycles. The van der Waals surface area contributed by atoms with Gasteiger partial charge < -0.3 is 20.1 Å². The van der Waals surface area contributed by atoms with Crippen molar-refractivity contribution in [1.82, 2.24) is 5.32 Å². The summed E-state index contributed by atoms with van der Waals surface area (Å²) in [4.78, 5) is 35.2. The average Bonchev–Trinajstić information content (AvgIpc) is 2.54. The van der Waals surface area contributed by atoms with E-state index in [0.717, 1.165) is 13.2 Å². The van der Waals surface area contributed by atoms with Crippen LogP contribution in [0.5, 0.6) is 0 Å². The number of rotatable bonds is 6. The minimum absolute atomic E-state index is 0.136. The van der Waals surface area contributed by atoms with E-state index in [1.807, 2.05) is 13.8 Å². The molecule has 1 rings (SSSR count). The van der Waals surface area contributed by atoms with Crippen LogP contribution in [0.4, 0.5) is 14.9 Å². The van der Waals surface area contributed by atoms with E-state index in [4.69, 9.17) is 0 Å². The molecule has 0 heterocycles. The summed E-state index contributed by atoms with van der Waals surface area (Å²) < 4.78 is 22.6. The van der Waals surface area contributed by atoms with Gasteiger partial charge in [-0.15, -0.1) is 0 Å². The van der Waals surface area contributed by atoms with Crippen LogP contribution in [0.1, 0.15) is 30.6 Å². The Morgan fingerprint density at radius 2 is 1.83 bits per heavy atom. The molecular weight excluding hydrogens is 319 g/mol. The molecule has 0 aromatic heterocycles. The van der Waals surface area contributed by atoms with E-state index < -0.39 is 29.8 Å². The Balaban J connectivity index is 2.93. The Morgan fingerprint density at radius 3 is 2.38 bits per heavy atom. The molecule has 24 heavy (non-hydrogen) atoms. The first kappa shape index (κ1) is 19.4. The first-order valence-corrected chi connectivity index (χ1v) is 7.31. The van der Waals surface area contributed by atoms with E-state index in [2.05, 4.69) is 20.1 Å². The summed E-state index contributed by atoms with van der Waals surface area (Å²) in [6, 6.07) is 2.70. The highest BCUT2D eigenvalue weighted by molar-refractivity contribution is 5.98. The van der Waals surface area contributed by atoms with Gasteiger partial charge >= 0.3 is 12.1 Å². The van der Waals surface area contributed by atoms with E-state index >= 15 is 0 Å². The number of hydrogen-bond donors (Lipinski definition) is 2. The van der Waals surface area contributed by atoms with E-state index in [-0.39, 0.29) is 17.2 Å². The smallest absolute Gasteiger partial charge is 0.407 e. The molecule has 8 heteroatoms. The van der Waals surface area contributed by atoms with Gasteiger partial charge in [-0.3, -0.25) is 4.79 Å². The van der Waals surface area contributed by atoms with Crippen molar-refractivity contribution in [3.8, 4) is 0 Å². The molecule has 1 aromatic rings. The molecular formula is C16H21FN2O5. The fourth-order valence-electron chi connectivity index (χ4n) is 2.00. The summed E-state index contributed by atoms with van der Waals surface area (Å²) >= 11 is 0. The van der Waals surface area contributed by atoms with Crippen LogP contribution in [0.3, 0.4) is 0 Å². The molecule has 0 spiro atoms. The Bertz CT molecular complexity index is 618. The van der Waals surface area contributed by atoms with Crippen LogP contribution in [-0.2, 0) is 14.3 Å². The molecule has 7 nitrogen and oxygen atoms in total. The second-order valence-electron chi connectivity index (χ2n) is 5.49. The lowest BCUT2D eigenvalue weighted by Gasteiger charge is -2.19. The molecule has 132 valence electrons. The number of hydrogen-bond acceptors (Lipinski definition) is 5. The number of benzene rings is 1. The number of halogens is 1. The number of amides is 2. The number of nitrogens with one attached hydrogen (secondary N) is 2. The van der Waals surface area contributed by atoms with Crippen molar-refractivity contribution >= 4 is 23.7 Å². The van der Waals surface area contributed by atoms with Gasteiger partial charge in [0.25, 0.3) is 0 Å². The molecule has 2 N–H and O–H groups in total. The van der Waals surface area contributed by atoms with Crippen LogP contribution in [0.25, 0.3) is 0 Å². The number of carbonyl (C=O) groups excluding carboxylic acids is 3. The van der Waals surface area contributed by atoms with Gasteiger partial charge in [0, 0.05) is 5.69 Å². The van der Waals surface area contributed by atoms with Gasteiger partial charge in [-0.25, -0.2) is 14.0 Å². The predicted octanol–water partition coefficient (Wildman–Crippen LogP) is 2.32. The zero-order chi connectivity index (χ0) is 18.3. The summed E-state index contributed by atoms with van der Waals surface area (Å²) in [5, 5.41) is 4.98. The standard InChI is InChI=1S/C16H21FN2O5/c1-9(2)7-13(19-16(22)24-4)14(20)18-10-5-6-12(17)11(8-10)15(21)23-3/h5-6,8-9,13H,7H2,1-4H3,(H,18,20)(H,19,22)/t13-/m0/s1. The second-order valence-corrected chi connectivity index (χ2v) is 5.49. The molecule has 2 amide bonds. The topological polar surface area (TPSA) is 93.7 Å². The third kappa shape index (κ3) is 5.53. The van der Waals surface area contributed by atoms with Crippen molar-refractivity contribution in [3.63, 3.8) is 0 Å². The lowest BCUT2D eigenvalue weighted by Crippen LogP contribution is -2.44. The third-order valence-corrected chi connectivity index (χ3v) is 3.14. The molecule has 0 saturated heterocycles. The zero-order valence-corrected chi connectivity index (χ0v) is 14.0. The molecule has 0 radical (unpaired) electrons. The monoisotopic (exact) mass is 340 g/mol. The van der Waals surface area contributed by atoms with Crippen LogP contribution in [0, 0.1) is 11.7 Å². The first-order valence-electron chi connectivity index (χ1n) is 7.31. The van der Waals surface area contributed by atoms with Gasteiger partial charge in [-0.1, -0.05) is 13.8 Å². The van der Waals surface area contributed by atoms with Crippen molar-refractivity contribution in [1.29, 1.82) is 0 Å². The lowest BCUT2D eigenvalue weighted by molar-refractivity contribution is -0.118. The van der Waals surface area contributed by atoms with E-state index in [0.29, 0.717) is 6.42 Å². The Kier molecular flexibility index (Phi) is 7.16. The molecule has 0 aliphatic rings. The van der Waals surface area contributed by atoms with Gasteiger partial charge in [-0.05, 0) is 30.5 Å². The lowest BCUT2D eigenvalue weighted by atomic mass is 10.0. The largest absolute Gasteiger partial charge is 0.465 e. The number of esters is 1. The fourth-order valence-corrected chi connectivity index (χ4v) is 2.00. The van der Waals surface area contributed by atoms with E-state index in [1.54, 1.807) is 0 Å². The minimum atomic E-state index is -0.852. The normalized spacial score (nSPS) is 11.6. The highest BCUT2D eigenvalue weighted by atomic mass is 19.1. The molecule has 0 aliphatic heterocycles. The average molecular weight is 340 g/mol. The van der Waals surface area contributed by atoms with Crippen molar-refractivity contribution < 1.29 is 28.2 Å². The van der Waals surface area contributed by atoms with Crippen LogP contribution >= 0.6 is 0 Å². The number of methoxy groups -OCH3 is 2. The summed E-state index contributed by atoms with van der Waals surface area (Å²) in [7, 11) is 2.33. The predicted molar refractivity (Wildman–Crippen MR) is 85.2 cm³/mol. The second kappa shape index (κ2) is 8.85. The van der Waals surface area contributed by atoms with Crippen LogP contribution < -0.4 is 10.6 Å². The van der Waals surface area contributed by atoms with Crippen molar-refractivity contribution in [2.45, 2.75) is 26.3 Å². The maximum atomic E-state index is 13.6. The van der Waals surface area contributed by atoms with Crippen molar-refractivity contribution in [2.24, 2.45) is 5.92 Å². The number of alkyl carbamates (subject to hydrolysis) is 1. The van der Waals surface area contributed by atoms with E-state index in [9.17, 15) is 18.8 Å². The van der Waals surface area contributed by atoms with Crippen molar-refractivity contribution in [3.05, 3.63) is 29.6 Å². The van der Waals surface area contributed by atoms with E-state index in [1.165, 1.54) is 19.2 Å². The van der Waals surface area contributed by atoms with Crippen LogP contribution in [-0.4, -0.2) is 38.2 Å². The van der Waals surface area contributed by atoms with Gasteiger partial charge in [0.2, 0.25) is 5.91 Å². The number of carbonyl (C=O) groups is 3.